The summed E-state index contributed by atoms with van der Waals surface area (Å²) in [4.78, 5) is 2.52. The number of piperidine rings is 1. The fraction of sp³-hybridized carbons (Fsp3) is 0.429. The van der Waals surface area contributed by atoms with E-state index in [0.29, 0.717) is 0 Å². The van der Waals surface area contributed by atoms with Gasteiger partial charge < -0.3 is 4.90 Å². The molecule has 1 saturated heterocycles. The van der Waals surface area contributed by atoms with Crippen molar-refractivity contribution in [2.45, 2.75) is 25.7 Å². The Bertz CT molecular complexity index is 324. The van der Waals surface area contributed by atoms with Gasteiger partial charge in [0.05, 0.1) is 0 Å². The summed E-state index contributed by atoms with van der Waals surface area (Å²) in [5, 5.41) is 0. The highest BCUT2D eigenvalue weighted by molar-refractivity contribution is 5.54. The zero-order valence-corrected chi connectivity index (χ0v) is 9.28. The van der Waals surface area contributed by atoms with Gasteiger partial charge in [0.1, 0.15) is 0 Å². The molecule has 0 aromatic heterocycles. The van der Waals surface area contributed by atoms with Crippen molar-refractivity contribution in [3.8, 4) is 0 Å². The summed E-state index contributed by atoms with van der Waals surface area (Å²) in [6.45, 7) is 6.26. The van der Waals surface area contributed by atoms with Crippen molar-refractivity contribution in [3.63, 3.8) is 0 Å². The number of rotatable bonds is 3. The van der Waals surface area contributed by atoms with Crippen molar-refractivity contribution >= 4 is 5.69 Å². The lowest BCUT2D eigenvalue weighted by Gasteiger charge is -2.30. The van der Waals surface area contributed by atoms with Crippen LogP contribution in [0.25, 0.3) is 0 Å². The van der Waals surface area contributed by atoms with Gasteiger partial charge in [0, 0.05) is 18.8 Å². The molecule has 0 radical (unpaired) electrons. The van der Waals surface area contributed by atoms with Crippen LogP contribution in [-0.2, 0) is 6.42 Å². The quantitative estimate of drug-likeness (QED) is 0.677. The van der Waals surface area contributed by atoms with E-state index in [1.165, 1.54) is 43.6 Å². The summed E-state index contributed by atoms with van der Waals surface area (Å²) < 4.78 is 0. The minimum atomic E-state index is 0.979. The predicted molar refractivity (Wildman–Crippen MR) is 66.4 cm³/mol. The van der Waals surface area contributed by atoms with E-state index in [1.807, 2.05) is 6.08 Å². The van der Waals surface area contributed by atoms with E-state index in [9.17, 15) is 0 Å². The van der Waals surface area contributed by atoms with Crippen LogP contribution in [0.15, 0.2) is 36.9 Å². The third-order valence-electron chi connectivity index (χ3n) is 3.05. The highest BCUT2D eigenvalue weighted by Gasteiger charge is 2.12. The summed E-state index contributed by atoms with van der Waals surface area (Å²) in [5.74, 6) is 0. The van der Waals surface area contributed by atoms with E-state index in [-0.39, 0.29) is 0 Å². The van der Waals surface area contributed by atoms with Crippen LogP contribution < -0.4 is 4.90 Å². The molecule has 1 aliphatic rings. The number of hydrogen-bond donors (Lipinski definition) is 0. The van der Waals surface area contributed by atoms with Crippen LogP contribution in [0.4, 0.5) is 5.69 Å². The van der Waals surface area contributed by atoms with Crippen LogP contribution in [0.3, 0.4) is 0 Å². The maximum atomic E-state index is 3.82. The zero-order valence-electron chi connectivity index (χ0n) is 9.28. The van der Waals surface area contributed by atoms with E-state index in [1.54, 1.807) is 0 Å². The Hall–Kier alpha value is -1.24. The number of hydrogen-bond acceptors (Lipinski definition) is 1. The molecular weight excluding hydrogens is 182 g/mol. The van der Waals surface area contributed by atoms with Crippen molar-refractivity contribution in [2.24, 2.45) is 0 Å². The first-order valence-electron chi connectivity index (χ1n) is 5.85. The molecule has 0 spiro atoms. The lowest BCUT2D eigenvalue weighted by molar-refractivity contribution is 0.577. The second kappa shape index (κ2) is 5.01. The lowest BCUT2D eigenvalue weighted by Crippen LogP contribution is -2.30. The van der Waals surface area contributed by atoms with Gasteiger partial charge in [0.2, 0.25) is 0 Å². The number of anilines is 1. The van der Waals surface area contributed by atoms with Crippen molar-refractivity contribution in [1.82, 2.24) is 0 Å². The van der Waals surface area contributed by atoms with Crippen molar-refractivity contribution in [3.05, 3.63) is 42.5 Å². The van der Waals surface area contributed by atoms with Crippen LogP contribution in [0.2, 0.25) is 0 Å². The maximum Gasteiger partial charge on any atom is 0.0401 e. The smallest absolute Gasteiger partial charge is 0.0401 e. The molecule has 2 rings (SSSR count). The summed E-state index contributed by atoms with van der Waals surface area (Å²) in [5.41, 5.74) is 2.83. The summed E-state index contributed by atoms with van der Waals surface area (Å²) >= 11 is 0. The van der Waals surface area contributed by atoms with E-state index in [0.717, 1.165) is 6.42 Å². The van der Waals surface area contributed by atoms with Gasteiger partial charge >= 0.3 is 0 Å². The fourth-order valence-electron chi connectivity index (χ4n) is 2.28. The van der Waals surface area contributed by atoms with E-state index in [4.69, 9.17) is 0 Å². The van der Waals surface area contributed by atoms with E-state index < -0.39 is 0 Å². The van der Waals surface area contributed by atoms with Gasteiger partial charge in [-0.15, -0.1) is 6.58 Å². The summed E-state index contributed by atoms with van der Waals surface area (Å²) in [7, 11) is 0. The van der Waals surface area contributed by atoms with E-state index >= 15 is 0 Å². The standard InChI is InChI=1S/C14H19N/c1-2-8-13-9-4-5-10-14(13)15-11-6-3-7-12-15/h2,4-5,9-10H,1,3,6-8,11-12H2. The minimum absolute atomic E-state index is 0.979. The van der Waals surface area contributed by atoms with Gasteiger partial charge in [-0.2, -0.15) is 0 Å². The van der Waals surface area contributed by atoms with Gasteiger partial charge in [-0.3, -0.25) is 0 Å². The Balaban J connectivity index is 2.20. The molecule has 1 heteroatoms. The van der Waals surface area contributed by atoms with Crippen molar-refractivity contribution in [1.29, 1.82) is 0 Å². The Morgan fingerprint density at radius 2 is 1.87 bits per heavy atom. The van der Waals surface area contributed by atoms with Gasteiger partial charge in [-0.25, -0.2) is 0 Å². The second-order valence-electron chi connectivity index (χ2n) is 4.17. The van der Waals surface area contributed by atoms with Gasteiger partial charge in [-0.05, 0) is 37.3 Å². The highest BCUT2D eigenvalue weighted by atomic mass is 15.1. The number of allylic oxidation sites excluding steroid dienone is 1. The molecule has 1 aromatic rings. The minimum Gasteiger partial charge on any atom is -0.371 e. The SMILES string of the molecule is C=CCc1ccccc1N1CCCCC1. The van der Waals surface area contributed by atoms with Crippen LogP contribution in [0, 0.1) is 0 Å². The molecule has 1 aliphatic heterocycles. The van der Waals surface area contributed by atoms with Gasteiger partial charge in [-0.1, -0.05) is 24.3 Å². The first-order chi connectivity index (χ1) is 7.42. The maximum absolute atomic E-state index is 3.82. The monoisotopic (exact) mass is 201 g/mol. The highest BCUT2D eigenvalue weighted by Crippen LogP contribution is 2.24. The first kappa shape index (κ1) is 10.3. The Morgan fingerprint density at radius 1 is 1.13 bits per heavy atom. The Labute approximate surface area is 92.4 Å². The van der Waals surface area contributed by atoms with Crippen LogP contribution in [0.1, 0.15) is 24.8 Å². The molecule has 1 nitrogen and oxygen atoms in total. The normalized spacial score (nSPS) is 16.4. The second-order valence-corrected chi connectivity index (χ2v) is 4.17. The first-order valence-corrected chi connectivity index (χ1v) is 5.85. The van der Waals surface area contributed by atoms with Gasteiger partial charge in [0.25, 0.3) is 0 Å². The fourth-order valence-corrected chi connectivity index (χ4v) is 2.28. The molecule has 0 N–H and O–H groups in total. The molecule has 15 heavy (non-hydrogen) atoms. The molecule has 0 bridgehead atoms. The van der Waals surface area contributed by atoms with Crippen molar-refractivity contribution in [2.75, 3.05) is 18.0 Å². The zero-order chi connectivity index (χ0) is 10.5. The molecular formula is C14H19N. The topological polar surface area (TPSA) is 3.24 Å². The Kier molecular flexibility index (Phi) is 3.44. The summed E-state index contributed by atoms with van der Waals surface area (Å²) in [6.07, 6.45) is 7.03. The van der Waals surface area contributed by atoms with Gasteiger partial charge in [0.15, 0.2) is 0 Å². The molecule has 0 amide bonds. The Morgan fingerprint density at radius 3 is 2.60 bits per heavy atom. The average molecular weight is 201 g/mol. The molecule has 1 heterocycles. The van der Waals surface area contributed by atoms with Crippen LogP contribution in [-0.4, -0.2) is 13.1 Å². The third-order valence-corrected chi connectivity index (χ3v) is 3.05. The molecule has 0 saturated carbocycles. The summed E-state index contributed by atoms with van der Waals surface area (Å²) in [6, 6.07) is 8.71. The third kappa shape index (κ3) is 2.41. The molecule has 0 unspecified atom stereocenters. The van der Waals surface area contributed by atoms with E-state index in [2.05, 4.69) is 35.7 Å². The molecule has 1 aromatic carbocycles. The number of nitrogens with zero attached hydrogens (tertiary/aromatic N) is 1. The molecule has 1 fully saturated rings. The average Bonchev–Trinajstić information content (AvgIpc) is 2.31. The largest absolute Gasteiger partial charge is 0.371 e. The lowest BCUT2D eigenvalue weighted by atomic mass is 10.1. The number of para-hydroxylation sites is 1. The van der Waals surface area contributed by atoms with Crippen LogP contribution in [0.5, 0.6) is 0 Å². The van der Waals surface area contributed by atoms with Crippen molar-refractivity contribution < 1.29 is 0 Å². The number of benzene rings is 1. The molecule has 0 aliphatic carbocycles. The molecule has 80 valence electrons. The van der Waals surface area contributed by atoms with Crippen LogP contribution >= 0.6 is 0 Å². The predicted octanol–water partition coefficient (Wildman–Crippen LogP) is 3.41. The molecule has 0 atom stereocenters.